The summed E-state index contributed by atoms with van der Waals surface area (Å²) >= 11 is 0. The van der Waals surface area contributed by atoms with E-state index in [1.54, 1.807) is 0 Å². The molecule has 22 heavy (non-hydrogen) atoms. The molecular weight excluding hydrogens is 282 g/mol. The molecule has 1 saturated heterocycles. The summed E-state index contributed by atoms with van der Waals surface area (Å²) in [5.41, 5.74) is -0.323. The van der Waals surface area contributed by atoms with Crippen molar-refractivity contribution in [3.8, 4) is 0 Å². The molecule has 1 aliphatic carbocycles. The SMILES string of the molecule is O=C(O)C1(CNC(=O)C2(c3ccccc3)CC2)CCOCC1. The molecule has 0 spiro atoms. The molecule has 1 aliphatic heterocycles. The van der Waals surface area contributed by atoms with Crippen molar-refractivity contribution in [1.29, 1.82) is 0 Å². The first-order valence-electron chi connectivity index (χ1n) is 7.74. The van der Waals surface area contributed by atoms with Gasteiger partial charge in [0.15, 0.2) is 0 Å². The maximum atomic E-state index is 12.6. The highest BCUT2D eigenvalue weighted by atomic mass is 16.5. The lowest BCUT2D eigenvalue weighted by Crippen LogP contribution is -2.48. The number of benzene rings is 1. The molecule has 1 amide bonds. The average molecular weight is 303 g/mol. The number of nitrogens with one attached hydrogen (secondary N) is 1. The Labute approximate surface area is 129 Å². The van der Waals surface area contributed by atoms with Gasteiger partial charge in [0.05, 0.1) is 10.8 Å². The predicted molar refractivity (Wildman–Crippen MR) is 80.5 cm³/mol. The predicted octanol–water partition coefficient (Wildman–Crippen LogP) is 1.72. The van der Waals surface area contributed by atoms with E-state index in [2.05, 4.69) is 5.32 Å². The Hall–Kier alpha value is -1.88. The van der Waals surface area contributed by atoms with Crippen molar-refractivity contribution in [2.45, 2.75) is 31.1 Å². The summed E-state index contributed by atoms with van der Waals surface area (Å²) in [6.07, 6.45) is 2.54. The zero-order chi connectivity index (χ0) is 15.6. The first-order chi connectivity index (χ1) is 10.6. The van der Waals surface area contributed by atoms with Gasteiger partial charge in [-0.1, -0.05) is 30.3 Å². The van der Waals surface area contributed by atoms with Crippen LogP contribution >= 0.6 is 0 Å². The highest BCUT2D eigenvalue weighted by Gasteiger charge is 2.52. The Kier molecular flexibility index (Phi) is 3.91. The van der Waals surface area contributed by atoms with Crippen LogP contribution in [0.4, 0.5) is 0 Å². The van der Waals surface area contributed by atoms with Gasteiger partial charge < -0.3 is 15.2 Å². The first kappa shape index (κ1) is 15.0. The van der Waals surface area contributed by atoms with Gasteiger partial charge in [-0.05, 0) is 31.2 Å². The van der Waals surface area contributed by atoms with Crippen LogP contribution in [0.2, 0.25) is 0 Å². The summed E-state index contributed by atoms with van der Waals surface area (Å²) in [6, 6.07) is 9.72. The van der Waals surface area contributed by atoms with Crippen molar-refractivity contribution in [2.75, 3.05) is 19.8 Å². The molecular formula is C17H21NO4. The van der Waals surface area contributed by atoms with Crippen LogP contribution in [0.1, 0.15) is 31.2 Å². The topological polar surface area (TPSA) is 75.6 Å². The fourth-order valence-corrected chi connectivity index (χ4v) is 3.18. The second kappa shape index (κ2) is 5.72. The molecule has 2 aliphatic rings. The zero-order valence-electron chi connectivity index (χ0n) is 12.5. The maximum Gasteiger partial charge on any atom is 0.311 e. The van der Waals surface area contributed by atoms with Crippen LogP contribution in [0.15, 0.2) is 30.3 Å². The van der Waals surface area contributed by atoms with Crippen molar-refractivity contribution in [3.63, 3.8) is 0 Å². The van der Waals surface area contributed by atoms with Crippen LogP contribution in [0, 0.1) is 5.41 Å². The van der Waals surface area contributed by atoms with Crippen molar-refractivity contribution >= 4 is 11.9 Å². The highest BCUT2D eigenvalue weighted by molar-refractivity contribution is 5.91. The molecule has 0 radical (unpaired) electrons. The summed E-state index contributed by atoms with van der Waals surface area (Å²) in [5.74, 6) is -0.897. The third-order valence-electron chi connectivity index (χ3n) is 5.00. The monoisotopic (exact) mass is 303 g/mol. The molecule has 118 valence electrons. The summed E-state index contributed by atoms with van der Waals surface area (Å²) in [5, 5.41) is 12.4. The van der Waals surface area contributed by atoms with E-state index in [0.717, 1.165) is 18.4 Å². The Bertz CT molecular complexity index is 559. The molecule has 5 nitrogen and oxygen atoms in total. The van der Waals surface area contributed by atoms with E-state index < -0.39 is 16.8 Å². The van der Waals surface area contributed by atoms with Crippen molar-refractivity contribution in [3.05, 3.63) is 35.9 Å². The average Bonchev–Trinajstić information content (AvgIpc) is 3.36. The summed E-state index contributed by atoms with van der Waals surface area (Å²) in [6.45, 7) is 1.05. The number of hydrogen-bond donors (Lipinski definition) is 2. The van der Waals surface area contributed by atoms with E-state index in [9.17, 15) is 14.7 Å². The van der Waals surface area contributed by atoms with E-state index >= 15 is 0 Å². The molecule has 0 unspecified atom stereocenters. The van der Waals surface area contributed by atoms with Gasteiger partial charge in [0.1, 0.15) is 0 Å². The molecule has 0 atom stereocenters. The minimum absolute atomic E-state index is 0.0502. The Morgan fingerprint density at radius 2 is 1.73 bits per heavy atom. The fourth-order valence-electron chi connectivity index (χ4n) is 3.18. The minimum atomic E-state index is -0.888. The Morgan fingerprint density at radius 1 is 1.09 bits per heavy atom. The van der Waals surface area contributed by atoms with Crippen molar-refractivity contribution in [2.24, 2.45) is 5.41 Å². The molecule has 1 saturated carbocycles. The maximum absolute atomic E-state index is 12.6. The van der Waals surface area contributed by atoms with Gasteiger partial charge in [0, 0.05) is 19.8 Å². The molecule has 2 N–H and O–H groups in total. The molecule has 1 aromatic carbocycles. The number of ether oxygens (including phenoxy) is 1. The second-order valence-electron chi connectivity index (χ2n) is 6.33. The van der Waals surface area contributed by atoms with Crippen LogP contribution < -0.4 is 5.32 Å². The number of carboxylic acids is 1. The van der Waals surface area contributed by atoms with Crippen molar-refractivity contribution in [1.82, 2.24) is 5.32 Å². The van der Waals surface area contributed by atoms with Crippen LogP contribution in [-0.2, 0) is 19.7 Å². The second-order valence-corrected chi connectivity index (χ2v) is 6.33. The molecule has 2 fully saturated rings. The number of carbonyl (C=O) groups excluding carboxylic acids is 1. The van der Waals surface area contributed by atoms with Crippen molar-refractivity contribution < 1.29 is 19.4 Å². The Balaban J connectivity index is 1.68. The standard InChI is InChI=1S/C17H21NO4/c19-14(17(6-7-17)13-4-2-1-3-5-13)18-12-16(15(20)21)8-10-22-11-9-16/h1-5H,6-12H2,(H,18,19)(H,20,21). The summed E-state index contributed by atoms with van der Waals surface area (Å²) in [4.78, 5) is 24.2. The lowest BCUT2D eigenvalue weighted by molar-refractivity contribution is -0.154. The quantitative estimate of drug-likeness (QED) is 0.868. The van der Waals surface area contributed by atoms with Gasteiger partial charge in [-0.25, -0.2) is 0 Å². The summed E-state index contributed by atoms with van der Waals surface area (Å²) in [7, 11) is 0. The van der Waals surface area contributed by atoms with E-state index in [4.69, 9.17) is 4.74 Å². The molecule has 3 rings (SSSR count). The number of amides is 1. The largest absolute Gasteiger partial charge is 0.481 e. The molecule has 0 aromatic heterocycles. The first-order valence-corrected chi connectivity index (χ1v) is 7.74. The van der Waals surface area contributed by atoms with Crippen LogP contribution in [0.3, 0.4) is 0 Å². The lowest BCUT2D eigenvalue weighted by Gasteiger charge is -2.33. The number of carbonyl (C=O) groups is 2. The normalized spacial score (nSPS) is 21.8. The van der Waals surface area contributed by atoms with Gasteiger partial charge in [0.25, 0.3) is 0 Å². The molecule has 1 aromatic rings. The van der Waals surface area contributed by atoms with Crippen LogP contribution in [0.25, 0.3) is 0 Å². The minimum Gasteiger partial charge on any atom is -0.481 e. The van der Waals surface area contributed by atoms with Gasteiger partial charge in [-0.3, -0.25) is 9.59 Å². The number of carboxylic acid groups (broad SMARTS) is 1. The third kappa shape index (κ3) is 2.61. The van der Waals surface area contributed by atoms with Gasteiger partial charge in [-0.2, -0.15) is 0 Å². The van der Waals surface area contributed by atoms with E-state index in [1.165, 1.54) is 0 Å². The lowest BCUT2D eigenvalue weighted by atomic mass is 9.80. The fraction of sp³-hybridized carbons (Fsp3) is 0.529. The van der Waals surface area contributed by atoms with Gasteiger partial charge in [0.2, 0.25) is 5.91 Å². The highest BCUT2D eigenvalue weighted by Crippen LogP contribution is 2.48. The Morgan fingerprint density at radius 3 is 2.27 bits per heavy atom. The van der Waals surface area contributed by atoms with E-state index in [0.29, 0.717) is 26.1 Å². The molecule has 5 heteroatoms. The third-order valence-corrected chi connectivity index (χ3v) is 5.00. The van der Waals surface area contributed by atoms with E-state index in [1.807, 2.05) is 30.3 Å². The zero-order valence-corrected chi connectivity index (χ0v) is 12.5. The smallest absolute Gasteiger partial charge is 0.311 e. The summed E-state index contributed by atoms with van der Waals surface area (Å²) < 4.78 is 5.25. The van der Waals surface area contributed by atoms with Crippen LogP contribution in [-0.4, -0.2) is 36.7 Å². The number of rotatable bonds is 5. The van der Waals surface area contributed by atoms with Gasteiger partial charge >= 0.3 is 5.97 Å². The van der Waals surface area contributed by atoms with E-state index in [-0.39, 0.29) is 12.5 Å². The number of hydrogen-bond acceptors (Lipinski definition) is 3. The molecule has 1 heterocycles. The van der Waals surface area contributed by atoms with Crippen LogP contribution in [0.5, 0.6) is 0 Å². The van der Waals surface area contributed by atoms with Gasteiger partial charge in [-0.15, -0.1) is 0 Å². The number of aliphatic carboxylic acids is 1. The molecule has 0 bridgehead atoms.